The van der Waals surface area contributed by atoms with Crippen LogP contribution in [0.4, 0.5) is 0 Å². The third-order valence-electron chi connectivity index (χ3n) is 2.16. The monoisotopic (exact) mass is 230 g/mol. The van der Waals surface area contributed by atoms with Crippen LogP contribution in [0.3, 0.4) is 0 Å². The second-order valence-corrected chi connectivity index (χ2v) is 3.76. The van der Waals surface area contributed by atoms with Gasteiger partial charge in [-0.3, -0.25) is 0 Å². The van der Waals surface area contributed by atoms with E-state index in [1.54, 1.807) is 0 Å². The molecule has 0 unspecified atom stereocenters. The first-order valence-electron chi connectivity index (χ1n) is 6.31. The van der Waals surface area contributed by atoms with Crippen molar-refractivity contribution >= 4 is 12.6 Å². The van der Waals surface area contributed by atoms with Crippen molar-refractivity contribution in [3.63, 3.8) is 0 Å². The van der Waals surface area contributed by atoms with Crippen molar-refractivity contribution < 1.29 is 14.7 Å². The standard InChI is InChI=1S/C8H18O.C5H8O2/c1-2-3-4-5-6-7-8-9;6-4-2-1-3-5-7/h9H,2-8H2,1H3;4-5H,1-3H2. The third-order valence-corrected chi connectivity index (χ3v) is 2.16. The van der Waals surface area contributed by atoms with Gasteiger partial charge >= 0.3 is 0 Å². The van der Waals surface area contributed by atoms with Gasteiger partial charge in [0.05, 0.1) is 0 Å². The fraction of sp³-hybridized carbons (Fsp3) is 0.846. The average molecular weight is 230 g/mol. The van der Waals surface area contributed by atoms with E-state index in [-0.39, 0.29) is 0 Å². The second kappa shape index (κ2) is 19.8. The summed E-state index contributed by atoms with van der Waals surface area (Å²) in [5.74, 6) is 0. The zero-order valence-corrected chi connectivity index (χ0v) is 10.5. The first-order chi connectivity index (χ1) is 7.83. The number of hydrogen-bond acceptors (Lipinski definition) is 3. The van der Waals surface area contributed by atoms with Gasteiger partial charge in [0.1, 0.15) is 12.6 Å². The lowest BCUT2D eigenvalue weighted by molar-refractivity contribution is -0.108. The van der Waals surface area contributed by atoms with E-state index in [2.05, 4.69) is 6.92 Å². The first kappa shape index (κ1) is 17.7. The zero-order valence-electron chi connectivity index (χ0n) is 10.5. The predicted molar refractivity (Wildman–Crippen MR) is 66.4 cm³/mol. The predicted octanol–water partition coefficient (Wildman–Crippen LogP) is 2.89. The van der Waals surface area contributed by atoms with Gasteiger partial charge in [-0.2, -0.15) is 0 Å². The van der Waals surface area contributed by atoms with Crippen LogP contribution in [0.25, 0.3) is 0 Å². The molecule has 0 aliphatic heterocycles. The topological polar surface area (TPSA) is 54.4 Å². The lowest BCUT2D eigenvalue weighted by Crippen LogP contribution is -1.82. The summed E-state index contributed by atoms with van der Waals surface area (Å²) in [7, 11) is 0. The molecule has 0 saturated carbocycles. The molecule has 16 heavy (non-hydrogen) atoms. The molecule has 0 aromatic rings. The minimum atomic E-state index is 0.367. The molecular formula is C13H26O3. The molecule has 0 amide bonds. The van der Waals surface area contributed by atoms with E-state index in [4.69, 9.17) is 5.11 Å². The Morgan fingerprint density at radius 1 is 0.812 bits per heavy atom. The highest BCUT2D eigenvalue weighted by molar-refractivity contribution is 5.52. The minimum Gasteiger partial charge on any atom is -0.396 e. The molecule has 0 bridgehead atoms. The van der Waals surface area contributed by atoms with E-state index in [0.717, 1.165) is 19.0 Å². The first-order valence-corrected chi connectivity index (χ1v) is 6.31. The smallest absolute Gasteiger partial charge is 0.120 e. The van der Waals surface area contributed by atoms with Gasteiger partial charge in [0.15, 0.2) is 0 Å². The van der Waals surface area contributed by atoms with E-state index in [1.807, 2.05) is 0 Å². The number of unbranched alkanes of at least 4 members (excludes halogenated alkanes) is 7. The molecule has 0 spiro atoms. The van der Waals surface area contributed by atoms with Crippen LogP contribution in [0.5, 0.6) is 0 Å². The maximum absolute atomic E-state index is 9.56. The Labute approximate surface area is 99.2 Å². The number of aliphatic hydroxyl groups is 1. The van der Waals surface area contributed by atoms with Gasteiger partial charge in [-0.1, -0.05) is 39.0 Å². The highest BCUT2D eigenvalue weighted by Gasteiger charge is 1.86. The molecule has 3 heteroatoms. The molecular weight excluding hydrogens is 204 g/mol. The van der Waals surface area contributed by atoms with Gasteiger partial charge in [-0.15, -0.1) is 0 Å². The van der Waals surface area contributed by atoms with Gasteiger partial charge in [0, 0.05) is 19.4 Å². The van der Waals surface area contributed by atoms with Gasteiger partial charge in [-0.25, -0.2) is 0 Å². The summed E-state index contributed by atoms with van der Waals surface area (Å²) in [5, 5.41) is 8.42. The number of carbonyl (C=O) groups excluding carboxylic acids is 2. The highest BCUT2D eigenvalue weighted by atomic mass is 16.2. The summed E-state index contributed by atoms with van der Waals surface area (Å²) in [6.45, 7) is 2.58. The molecule has 1 N–H and O–H groups in total. The van der Waals surface area contributed by atoms with E-state index >= 15 is 0 Å². The van der Waals surface area contributed by atoms with E-state index in [0.29, 0.717) is 25.9 Å². The molecule has 0 rings (SSSR count). The fourth-order valence-electron chi connectivity index (χ4n) is 1.18. The van der Waals surface area contributed by atoms with Crippen molar-refractivity contribution in [2.24, 2.45) is 0 Å². The van der Waals surface area contributed by atoms with Gasteiger partial charge in [0.2, 0.25) is 0 Å². The summed E-state index contributed by atoms with van der Waals surface area (Å²) in [6, 6.07) is 0. The highest BCUT2D eigenvalue weighted by Crippen LogP contribution is 2.03. The summed E-state index contributed by atoms with van der Waals surface area (Å²) in [6.07, 6.45) is 10.9. The molecule has 0 aliphatic carbocycles. The fourth-order valence-corrected chi connectivity index (χ4v) is 1.18. The molecule has 0 aliphatic rings. The molecule has 0 atom stereocenters. The Kier molecular flexibility index (Phi) is 21.9. The van der Waals surface area contributed by atoms with Gasteiger partial charge in [-0.05, 0) is 12.8 Å². The summed E-state index contributed by atoms with van der Waals surface area (Å²) in [5.41, 5.74) is 0. The SMILES string of the molecule is CCCCCCCCO.O=CCCCC=O. The average Bonchev–Trinajstić information content (AvgIpc) is 2.31. The Morgan fingerprint density at radius 2 is 1.31 bits per heavy atom. The molecule has 96 valence electrons. The number of rotatable bonds is 10. The van der Waals surface area contributed by atoms with Crippen LogP contribution in [-0.2, 0) is 9.59 Å². The molecule has 0 radical (unpaired) electrons. The van der Waals surface area contributed by atoms with Gasteiger partial charge in [0.25, 0.3) is 0 Å². The Bertz CT molecular complexity index is 121. The lowest BCUT2D eigenvalue weighted by Gasteiger charge is -1.95. The largest absolute Gasteiger partial charge is 0.396 e. The zero-order chi connectivity index (χ0) is 12.5. The van der Waals surface area contributed by atoms with Crippen molar-refractivity contribution in [3.05, 3.63) is 0 Å². The van der Waals surface area contributed by atoms with Crippen LogP contribution < -0.4 is 0 Å². The Balaban J connectivity index is 0. The van der Waals surface area contributed by atoms with Crippen LogP contribution in [0, 0.1) is 0 Å². The maximum atomic E-state index is 9.56. The van der Waals surface area contributed by atoms with Crippen LogP contribution in [-0.4, -0.2) is 24.3 Å². The normalized spacial score (nSPS) is 9.12. The lowest BCUT2D eigenvalue weighted by atomic mass is 10.1. The number of hydrogen-bond donors (Lipinski definition) is 1. The van der Waals surface area contributed by atoms with Crippen LogP contribution in [0.1, 0.15) is 64.7 Å². The van der Waals surface area contributed by atoms with Crippen molar-refractivity contribution in [3.8, 4) is 0 Å². The molecule has 0 heterocycles. The van der Waals surface area contributed by atoms with E-state index in [9.17, 15) is 9.59 Å². The third kappa shape index (κ3) is 23.3. The molecule has 0 aromatic carbocycles. The number of carbonyl (C=O) groups is 2. The number of aliphatic hydroxyl groups excluding tert-OH is 1. The van der Waals surface area contributed by atoms with Gasteiger partial charge < -0.3 is 14.7 Å². The summed E-state index contributed by atoms with van der Waals surface area (Å²) < 4.78 is 0. The van der Waals surface area contributed by atoms with Crippen LogP contribution in [0.15, 0.2) is 0 Å². The molecule has 0 saturated heterocycles. The summed E-state index contributed by atoms with van der Waals surface area (Å²) in [4.78, 5) is 19.1. The second-order valence-electron chi connectivity index (χ2n) is 3.76. The maximum Gasteiger partial charge on any atom is 0.120 e. The quantitative estimate of drug-likeness (QED) is 0.464. The molecule has 3 nitrogen and oxygen atoms in total. The van der Waals surface area contributed by atoms with E-state index < -0.39 is 0 Å². The minimum absolute atomic E-state index is 0.367. The van der Waals surface area contributed by atoms with E-state index in [1.165, 1.54) is 32.1 Å². The molecule has 0 aromatic heterocycles. The Hall–Kier alpha value is -0.700. The van der Waals surface area contributed by atoms with Crippen molar-refractivity contribution in [1.82, 2.24) is 0 Å². The number of aldehydes is 2. The van der Waals surface area contributed by atoms with Crippen molar-refractivity contribution in [2.75, 3.05) is 6.61 Å². The van der Waals surface area contributed by atoms with Crippen molar-refractivity contribution in [2.45, 2.75) is 64.7 Å². The Morgan fingerprint density at radius 3 is 1.75 bits per heavy atom. The van der Waals surface area contributed by atoms with Crippen molar-refractivity contribution in [1.29, 1.82) is 0 Å². The summed E-state index contributed by atoms with van der Waals surface area (Å²) >= 11 is 0. The molecule has 0 fully saturated rings. The van der Waals surface area contributed by atoms with Crippen LogP contribution >= 0.6 is 0 Å². The van der Waals surface area contributed by atoms with Crippen LogP contribution in [0.2, 0.25) is 0 Å².